The van der Waals surface area contributed by atoms with Crippen LogP contribution in [-0.4, -0.2) is 34.5 Å². The topological polar surface area (TPSA) is 94.7 Å². The van der Waals surface area contributed by atoms with Crippen LogP contribution in [0, 0.1) is 10.1 Å². The number of carbonyl (C=O) groups excluding carboxylic acids is 1. The van der Waals surface area contributed by atoms with Crippen molar-refractivity contribution in [2.45, 2.75) is 13.1 Å². The number of rotatable bonds is 6. The third-order valence-electron chi connectivity index (χ3n) is 3.51. The summed E-state index contributed by atoms with van der Waals surface area (Å²) in [5.74, 6) is 0.313. The zero-order valence-electron chi connectivity index (χ0n) is 13.3. The molecule has 0 unspecified atom stereocenters. The number of pyridine rings is 1. The van der Waals surface area contributed by atoms with Crippen LogP contribution in [0.1, 0.15) is 5.56 Å². The zero-order valence-corrected chi connectivity index (χ0v) is 13.3. The van der Waals surface area contributed by atoms with E-state index < -0.39 is 10.5 Å². The SMILES string of the molecule is COc1ccccc1CN(C)C(=O)Cn1cc([N+](=O)[O-])ccc1=O. The van der Waals surface area contributed by atoms with E-state index in [2.05, 4.69) is 0 Å². The number of likely N-dealkylation sites (N-methyl/N-ethyl adjacent to an activating group) is 1. The summed E-state index contributed by atoms with van der Waals surface area (Å²) in [6, 6.07) is 9.47. The Morgan fingerprint density at radius 3 is 2.67 bits per heavy atom. The fourth-order valence-electron chi connectivity index (χ4n) is 2.19. The van der Waals surface area contributed by atoms with Crippen LogP contribution in [0.4, 0.5) is 5.69 Å². The van der Waals surface area contributed by atoms with E-state index >= 15 is 0 Å². The zero-order chi connectivity index (χ0) is 17.7. The van der Waals surface area contributed by atoms with Crippen LogP contribution in [0.25, 0.3) is 0 Å². The Hall–Kier alpha value is -3.16. The molecule has 8 heteroatoms. The van der Waals surface area contributed by atoms with E-state index in [1.54, 1.807) is 20.2 Å². The lowest BCUT2D eigenvalue weighted by Crippen LogP contribution is -2.33. The summed E-state index contributed by atoms with van der Waals surface area (Å²) in [5, 5.41) is 10.8. The summed E-state index contributed by atoms with van der Waals surface area (Å²) >= 11 is 0. The predicted molar refractivity (Wildman–Crippen MR) is 86.8 cm³/mol. The number of hydrogen-bond acceptors (Lipinski definition) is 5. The quantitative estimate of drug-likeness (QED) is 0.589. The van der Waals surface area contributed by atoms with Crippen molar-refractivity contribution < 1.29 is 14.5 Å². The second-order valence-corrected chi connectivity index (χ2v) is 5.17. The second kappa shape index (κ2) is 7.40. The van der Waals surface area contributed by atoms with Crippen LogP contribution < -0.4 is 10.3 Å². The van der Waals surface area contributed by atoms with Gasteiger partial charge in [-0.1, -0.05) is 18.2 Å². The van der Waals surface area contributed by atoms with Crippen molar-refractivity contribution >= 4 is 11.6 Å². The molecule has 0 radical (unpaired) electrons. The van der Waals surface area contributed by atoms with Crippen molar-refractivity contribution in [3.8, 4) is 5.75 Å². The first-order chi connectivity index (χ1) is 11.4. The highest BCUT2D eigenvalue weighted by molar-refractivity contribution is 5.75. The molecule has 24 heavy (non-hydrogen) atoms. The van der Waals surface area contributed by atoms with E-state index in [9.17, 15) is 19.7 Å². The van der Waals surface area contributed by atoms with Gasteiger partial charge in [-0.25, -0.2) is 0 Å². The summed E-state index contributed by atoms with van der Waals surface area (Å²) in [5.41, 5.74) is 0.108. The molecule has 0 aliphatic carbocycles. The van der Waals surface area contributed by atoms with E-state index in [1.165, 1.54) is 4.90 Å². The van der Waals surface area contributed by atoms with Gasteiger partial charge in [0, 0.05) is 31.3 Å². The fourth-order valence-corrected chi connectivity index (χ4v) is 2.19. The van der Waals surface area contributed by atoms with Gasteiger partial charge in [0.2, 0.25) is 5.91 Å². The maximum absolute atomic E-state index is 12.3. The Morgan fingerprint density at radius 2 is 2.00 bits per heavy atom. The maximum Gasteiger partial charge on any atom is 0.285 e. The molecule has 1 heterocycles. The average molecular weight is 331 g/mol. The molecule has 1 amide bonds. The Kier molecular flexibility index (Phi) is 5.31. The van der Waals surface area contributed by atoms with E-state index in [1.807, 2.05) is 18.2 Å². The van der Waals surface area contributed by atoms with Crippen molar-refractivity contribution in [2.24, 2.45) is 0 Å². The van der Waals surface area contributed by atoms with Crippen molar-refractivity contribution in [3.63, 3.8) is 0 Å². The standard InChI is InChI=1S/C16H17N3O5/c1-17(9-12-5-3-4-6-14(12)24-2)16(21)11-18-10-13(19(22)23)7-8-15(18)20/h3-8,10H,9,11H2,1-2H3. The smallest absolute Gasteiger partial charge is 0.285 e. The summed E-state index contributed by atoms with van der Waals surface area (Å²) in [6.07, 6.45) is 1.07. The number of benzene rings is 1. The van der Waals surface area contributed by atoms with Crippen LogP contribution in [-0.2, 0) is 17.9 Å². The van der Waals surface area contributed by atoms with Crippen molar-refractivity contribution in [1.82, 2.24) is 9.47 Å². The molecule has 1 aromatic heterocycles. The van der Waals surface area contributed by atoms with Gasteiger partial charge in [-0.2, -0.15) is 0 Å². The molecule has 0 N–H and O–H groups in total. The molecule has 0 saturated carbocycles. The Bertz CT molecular complexity index is 815. The van der Waals surface area contributed by atoms with Crippen molar-refractivity contribution in [3.05, 3.63) is 68.6 Å². The molecule has 0 fully saturated rings. The van der Waals surface area contributed by atoms with Gasteiger partial charge in [-0.15, -0.1) is 0 Å². The number of ether oxygens (including phenoxy) is 1. The third-order valence-corrected chi connectivity index (χ3v) is 3.51. The monoisotopic (exact) mass is 331 g/mol. The summed E-state index contributed by atoms with van der Waals surface area (Å²) in [6.45, 7) is 0.0265. The molecule has 0 atom stereocenters. The molecule has 0 spiro atoms. The third kappa shape index (κ3) is 3.97. The summed E-state index contributed by atoms with van der Waals surface area (Å²) < 4.78 is 6.26. The van der Waals surface area contributed by atoms with Crippen molar-refractivity contribution in [2.75, 3.05) is 14.2 Å². The number of methoxy groups -OCH3 is 1. The first-order valence-electron chi connectivity index (χ1n) is 7.13. The van der Waals surface area contributed by atoms with Gasteiger partial charge in [0.15, 0.2) is 0 Å². The fraction of sp³-hybridized carbons (Fsp3) is 0.250. The normalized spacial score (nSPS) is 10.2. The number of nitrogens with zero attached hydrogens (tertiary/aromatic N) is 3. The van der Waals surface area contributed by atoms with Crippen LogP contribution in [0.2, 0.25) is 0 Å². The van der Waals surface area contributed by atoms with Gasteiger partial charge < -0.3 is 9.64 Å². The second-order valence-electron chi connectivity index (χ2n) is 5.17. The molecule has 0 bridgehead atoms. The number of para-hydroxylation sites is 1. The lowest BCUT2D eigenvalue weighted by Gasteiger charge is -2.19. The number of amides is 1. The average Bonchev–Trinajstić information content (AvgIpc) is 2.57. The summed E-state index contributed by atoms with van der Waals surface area (Å²) in [4.78, 5) is 35.7. The summed E-state index contributed by atoms with van der Waals surface area (Å²) in [7, 11) is 3.14. The van der Waals surface area contributed by atoms with Gasteiger partial charge in [-0.05, 0) is 6.07 Å². The van der Waals surface area contributed by atoms with E-state index in [0.29, 0.717) is 12.3 Å². The largest absolute Gasteiger partial charge is 0.496 e. The molecular weight excluding hydrogens is 314 g/mol. The van der Waals surface area contributed by atoms with Gasteiger partial charge in [0.25, 0.3) is 11.2 Å². The maximum atomic E-state index is 12.3. The Balaban J connectivity index is 2.13. The van der Waals surface area contributed by atoms with E-state index in [0.717, 1.165) is 28.5 Å². The minimum Gasteiger partial charge on any atom is -0.496 e. The number of carbonyl (C=O) groups is 1. The highest BCUT2D eigenvalue weighted by Crippen LogP contribution is 2.18. The number of hydrogen-bond donors (Lipinski definition) is 0. The van der Waals surface area contributed by atoms with Gasteiger partial charge in [-0.3, -0.25) is 24.3 Å². The molecule has 1 aromatic carbocycles. The number of nitro groups is 1. The number of aromatic nitrogens is 1. The molecule has 8 nitrogen and oxygen atoms in total. The van der Waals surface area contributed by atoms with E-state index in [-0.39, 0.29) is 18.1 Å². The molecule has 0 aliphatic heterocycles. The Morgan fingerprint density at radius 1 is 1.29 bits per heavy atom. The molecule has 126 valence electrons. The van der Waals surface area contributed by atoms with Crippen LogP contribution in [0.5, 0.6) is 5.75 Å². The molecule has 0 saturated heterocycles. The lowest BCUT2D eigenvalue weighted by molar-refractivity contribution is -0.385. The minimum absolute atomic E-state index is 0.241. The van der Waals surface area contributed by atoms with Crippen LogP contribution in [0.3, 0.4) is 0 Å². The lowest BCUT2D eigenvalue weighted by atomic mass is 10.2. The first-order valence-corrected chi connectivity index (χ1v) is 7.13. The van der Waals surface area contributed by atoms with Crippen molar-refractivity contribution in [1.29, 1.82) is 0 Å². The Labute approximate surface area is 138 Å². The predicted octanol–water partition coefficient (Wildman–Crippen LogP) is 1.42. The first kappa shape index (κ1) is 17.2. The van der Waals surface area contributed by atoms with Crippen LogP contribution >= 0.6 is 0 Å². The van der Waals surface area contributed by atoms with E-state index in [4.69, 9.17) is 4.74 Å². The van der Waals surface area contributed by atoms with Gasteiger partial charge in [0.05, 0.1) is 18.2 Å². The highest BCUT2D eigenvalue weighted by atomic mass is 16.6. The molecule has 2 aromatic rings. The highest BCUT2D eigenvalue weighted by Gasteiger charge is 2.15. The minimum atomic E-state index is -0.612. The van der Waals surface area contributed by atoms with Gasteiger partial charge >= 0.3 is 0 Å². The molecular formula is C16H17N3O5. The van der Waals surface area contributed by atoms with Gasteiger partial charge in [0.1, 0.15) is 12.3 Å². The van der Waals surface area contributed by atoms with Crippen LogP contribution in [0.15, 0.2) is 47.4 Å². The molecule has 2 rings (SSSR count). The molecule has 0 aliphatic rings.